The molecule has 0 saturated heterocycles. The third-order valence-electron chi connectivity index (χ3n) is 2.37. The topological polar surface area (TPSA) is 87.6 Å². The lowest BCUT2D eigenvalue weighted by atomic mass is 9.87. The number of nitrogens with zero attached hydrogens (tertiary/aromatic N) is 1. The van der Waals surface area contributed by atoms with Gasteiger partial charge in [0, 0.05) is 6.20 Å². The number of nitrogen functional groups attached to an aromatic ring is 1. The molecule has 2 aromatic heterocycles. The number of hydrogen-bond donors (Lipinski definition) is 3. The molecule has 0 aliphatic heterocycles. The van der Waals surface area contributed by atoms with Crippen molar-refractivity contribution >= 4 is 17.0 Å². The molecular weight excluding hydrogens is 192 g/mol. The van der Waals surface area contributed by atoms with Crippen LogP contribution in [0.4, 0.5) is 5.95 Å². The average Bonchev–Trinajstić information content (AvgIpc) is 2.45. The van der Waals surface area contributed by atoms with Crippen LogP contribution in [0.2, 0.25) is 0 Å². The Bertz CT molecular complexity index is 559. The van der Waals surface area contributed by atoms with Gasteiger partial charge in [0.05, 0.1) is 5.39 Å². The Morgan fingerprint density at radius 3 is 2.67 bits per heavy atom. The molecule has 0 aliphatic carbocycles. The number of fused-ring (bicyclic) bond motifs is 1. The first-order valence-corrected chi connectivity index (χ1v) is 4.77. The Morgan fingerprint density at radius 2 is 2.07 bits per heavy atom. The Morgan fingerprint density at radius 1 is 1.40 bits per heavy atom. The van der Waals surface area contributed by atoms with Gasteiger partial charge in [0.1, 0.15) is 5.65 Å². The van der Waals surface area contributed by atoms with Gasteiger partial charge in [-0.05, 0) is 11.0 Å². The zero-order chi connectivity index (χ0) is 11.2. The van der Waals surface area contributed by atoms with E-state index in [4.69, 9.17) is 5.73 Å². The standard InChI is InChI=1S/C10H14N4O/c1-10(2,3)5-4-12-7-6(5)8(15)14-9(11)13-7/h4H,1-3H3,(H4,11,12,13,14,15). The predicted molar refractivity (Wildman–Crippen MR) is 59.8 cm³/mol. The van der Waals surface area contributed by atoms with Crippen molar-refractivity contribution in [2.75, 3.05) is 5.73 Å². The highest BCUT2D eigenvalue weighted by atomic mass is 16.1. The summed E-state index contributed by atoms with van der Waals surface area (Å²) in [6, 6.07) is 0. The van der Waals surface area contributed by atoms with E-state index in [1.165, 1.54) is 0 Å². The van der Waals surface area contributed by atoms with Gasteiger partial charge < -0.3 is 10.7 Å². The van der Waals surface area contributed by atoms with E-state index in [0.717, 1.165) is 5.56 Å². The van der Waals surface area contributed by atoms with Crippen molar-refractivity contribution in [3.05, 3.63) is 22.1 Å². The number of aromatic nitrogens is 3. The Hall–Kier alpha value is -1.78. The molecular formula is C10H14N4O. The zero-order valence-corrected chi connectivity index (χ0v) is 9.01. The van der Waals surface area contributed by atoms with Gasteiger partial charge in [-0.2, -0.15) is 4.98 Å². The minimum atomic E-state index is -0.191. The quantitative estimate of drug-likeness (QED) is 0.603. The lowest BCUT2D eigenvalue weighted by molar-refractivity contribution is 0.595. The van der Waals surface area contributed by atoms with Gasteiger partial charge in [-0.3, -0.25) is 9.78 Å². The van der Waals surface area contributed by atoms with Crippen molar-refractivity contribution in [2.45, 2.75) is 26.2 Å². The molecule has 0 aromatic carbocycles. The summed E-state index contributed by atoms with van der Waals surface area (Å²) in [5.41, 5.74) is 6.66. The van der Waals surface area contributed by atoms with E-state index in [9.17, 15) is 4.79 Å². The number of H-pyrrole nitrogens is 2. The van der Waals surface area contributed by atoms with E-state index in [1.54, 1.807) is 0 Å². The summed E-state index contributed by atoms with van der Waals surface area (Å²) in [4.78, 5) is 21.2. The van der Waals surface area contributed by atoms with Gasteiger partial charge in [0.2, 0.25) is 5.95 Å². The van der Waals surface area contributed by atoms with Gasteiger partial charge in [0.15, 0.2) is 0 Å². The molecule has 0 unspecified atom stereocenters. The van der Waals surface area contributed by atoms with Crippen LogP contribution in [0, 0.1) is 0 Å². The molecule has 0 radical (unpaired) electrons. The Balaban J connectivity index is 2.87. The second-order valence-corrected chi connectivity index (χ2v) is 4.63. The molecule has 0 atom stereocenters. The summed E-state index contributed by atoms with van der Waals surface area (Å²) < 4.78 is 0. The molecule has 2 aromatic rings. The molecule has 0 amide bonds. The smallest absolute Gasteiger partial charge is 0.262 e. The van der Waals surface area contributed by atoms with Crippen LogP contribution in [0.15, 0.2) is 11.0 Å². The first-order valence-electron chi connectivity index (χ1n) is 4.77. The molecule has 80 valence electrons. The Labute approximate surface area is 86.7 Å². The second-order valence-electron chi connectivity index (χ2n) is 4.63. The van der Waals surface area contributed by atoms with Gasteiger partial charge >= 0.3 is 0 Å². The second kappa shape index (κ2) is 2.85. The SMILES string of the molecule is CC(C)(C)c1c[nH]c2nc(N)[nH]c(=O)c12. The number of nitrogens with one attached hydrogen (secondary N) is 2. The molecule has 0 fully saturated rings. The maximum atomic E-state index is 11.7. The summed E-state index contributed by atoms with van der Waals surface area (Å²) in [6.07, 6.45) is 1.81. The maximum Gasteiger partial charge on any atom is 0.262 e. The van der Waals surface area contributed by atoms with Crippen molar-refractivity contribution in [2.24, 2.45) is 0 Å². The molecule has 5 heteroatoms. The number of aromatic amines is 2. The van der Waals surface area contributed by atoms with Crippen LogP contribution >= 0.6 is 0 Å². The van der Waals surface area contributed by atoms with Crippen LogP contribution < -0.4 is 11.3 Å². The maximum absolute atomic E-state index is 11.7. The monoisotopic (exact) mass is 206 g/mol. The van der Waals surface area contributed by atoms with Gasteiger partial charge in [-0.1, -0.05) is 20.8 Å². The van der Waals surface area contributed by atoms with Crippen molar-refractivity contribution in [1.29, 1.82) is 0 Å². The summed E-state index contributed by atoms with van der Waals surface area (Å²) in [6.45, 7) is 6.14. The predicted octanol–water partition coefficient (Wildman–Crippen LogP) is 1.13. The highest BCUT2D eigenvalue weighted by Gasteiger charge is 2.20. The minimum Gasteiger partial charge on any atom is -0.369 e. The first-order chi connectivity index (χ1) is 6.89. The van der Waals surface area contributed by atoms with Crippen LogP contribution in [-0.2, 0) is 5.41 Å². The largest absolute Gasteiger partial charge is 0.369 e. The fourth-order valence-electron chi connectivity index (χ4n) is 1.65. The van der Waals surface area contributed by atoms with E-state index < -0.39 is 0 Å². The number of nitrogens with two attached hydrogens (primary N) is 1. The molecule has 5 nitrogen and oxygen atoms in total. The van der Waals surface area contributed by atoms with E-state index in [2.05, 4.69) is 15.0 Å². The number of rotatable bonds is 0. The molecule has 0 aliphatic rings. The van der Waals surface area contributed by atoms with Crippen LogP contribution in [0.25, 0.3) is 11.0 Å². The number of hydrogen-bond acceptors (Lipinski definition) is 3. The number of anilines is 1. The molecule has 2 rings (SSSR count). The normalized spacial score (nSPS) is 12.2. The zero-order valence-electron chi connectivity index (χ0n) is 9.01. The van der Waals surface area contributed by atoms with Crippen molar-refractivity contribution in [3.8, 4) is 0 Å². The molecule has 0 saturated carbocycles. The van der Waals surface area contributed by atoms with Crippen LogP contribution in [0.5, 0.6) is 0 Å². The summed E-state index contributed by atoms with van der Waals surface area (Å²) >= 11 is 0. The Kier molecular flexibility index (Phi) is 1.86. The van der Waals surface area contributed by atoms with E-state index in [-0.39, 0.29) is 16.9 Å². The summed E-state index contributed by atoms with van der Waals surface area (Å²) in [7, 11) is 0. The van der Waals surface area contributed by atoms with Crippen molar-refractivity contribution < 1.29 is 0 Å². The summed E-state index contributed by atoms with van der Waals surface area (Å²) in [5.74, 6) is 0.134. The summed E-state index contributed by atoms with van der Waals surface area (Å²) in [5, 5.41) is 0.594. The highest BCUT2D eigenvalue weighted by molar-refractivity contribution is 5.80. The van der Waals surface area contributed by atoms with Gasteiger partial charge in [-0.15, -0.1) is 0 Å². The fraction of sp³-hybridized carbons (Fsp3) is 0.400. The van der Waals surface area contributed by atoms with E-state index in [1.807, 2.05) is 27.0 Å². The van der Waals surface area contributed by atoms with Crippen LogP contribution in [0.3, 0.4) is 0 Å². The van der Waals surface area contributed by atoms with E-state index >= 15 is 0 Å². The van der Waals surface area contributed by atoms with Crippen LogP contribution in [0.1, 0.15) is 26.3 Å². The molecule has 15 heavy (non-hydrogen) atoms. The molecule has 0 spiro atoms. The van der Waals surface area contributed by atoms with Gasteiger partial charge in [0.25, 0.3) is 5.56 Å². The fourth-order valence-corrected chi connectivity index (χ4v) is 1.65. The average molecular weight is 206 g/mol. The highest BCUT2D eigenvalue weighted by Crippen LogP contribution is 2.26. The third kappa shape index (κ3) is 1.49. The van der Waals surface area contributed by atoms with Crippen molar-refractivity contribution in [1.82, 2.24) is 15.0 Å². The van der Waals surface area contributed by atoms with E-state index in [0.29, 0.717) is 11.0 Å². The lowest BCUT2D eigenvalue weighted by Gasteiger charge is -2.16. The molecule has 2 heterocycles. The lowest BCUT2D eigenvalue weighted by Crippen LogP contribution is -2.16. The van der Waals surface area contributed by atoms with Gasteiger partial charge in [-0.25, -0.2) is 0 Å². The first kappa shape index (κ1) is 9.76. The molecule has 0 bridgehead atoms. The van der Waals surface area contributed by atoms with Crippen molar-refractivity contribution in [3.63, 3.8) is 0 Å². The van der Waals surface area contributed by atoms with Crippen LogP contribution in [-0.4, -0.2) is 15.0 Å². The minimum absolute atomic E-state index is 0.0942. The molecule has 4 N–H and O–H groups in total. The third-order valence-corrected chi connectivity index (χ3v) is 2.37.